The molecule has 22 heavy (non-hydrogen) atoms. The second-order valence-corrected chi connectivity index (χ2v) is 7.02. The fourth-order valence-corrected chi connectivity index (χ4v) is 2.59. The molecule has 0 aliphatic carbocycles. The van der Waals surface area contributed by atoms with Crippen molar-refractivity contribution in [3.63, 3.8) is 0 Å². The van der Waals surface area contributed by atoms with Crippen molar-refractivity contribution in [2.24, 2.45) is 0 Å². The van der Waals surface area contributed by atoms with Gasteiger partial charge in [0.25, 0.3) is 5.91 Å². The number of imide groups is 1. The van der Waals surface area contributed by atoms with E-state index in [1.807, 2.05) is 0 Å². The van der Waals surface area contributed by atoms with E-state index in [-0.39, 0.29) is 12.5 Å². The SMILES string of the molecule is CC(C)(O)CCN1C(=O)NC(C)(c2ccc(Cl)c(Cl)c2)C1=O. The van der Waals surface area contributed by atoms with Crippen molar-refractivity contribution in [1.82, 2.24) is 10.2 Å². The minimum Gasteiger partial charge on any atom is -0.390 e. The molecule has 1 aliphatic rings. The van der Waals surface area contributed by atoms with Crippen LogP contribution in [0.4, 0.5) is 4.79 Å². The molecule has 1 aromatic rings. The number of rotatable bonds is 4. The van der Waals surface area contributed by atoms with Crippen LogP contribution in [0.2, 0.25) is 10.0 Å². The van der Waals surface area contributed by atoms with Crippen LogP contribution in [0, 0.1) is 0 Å². The molecule has 3 amide bonds. The summed E-state index contributed by atoms with van der Waals surface area (Å²) in [6.45, 7) is 5.02. The maximum atomic E-state index is 12.6. The Balaban J connectivity index is 2.27. The number of hydrogen-bond acceptors (Lipinski definition) is 3. The molecule has 7 heteroatoms. The van der Waals surface area contributed by atoms with E-state index in [4.69, 9.17) is 23.2 Å². The summed E-state index contributed by atoms with van der Waals surface area (Å²) in [7, 11) is 0. The Kier molecular flexibility index (Phi) is 4.44. The van der Waals surface area contributed by atoms with E-state index in [0.717, 1.165) is 4.90 Å². The summed E-state index contributed by atoms with van der Waals surface area (Å²) in [5.41, 5.74) is -1.58. The summed E-state index contributed by atoms with van der Waals surface area (Å²) < 4.78 is 0. The van der Waals surface area contributed by atoms with Gasteiger partial charge in [0, 0.05) is 6.54 Å². The van der Waals surface area contributed by atoms with Gasteiger partial charge in [-0.05, 0) is 44.9 Å². The van der Waals surface area contributed by atoms with Crippen LogP contribution in [0.15, 0.2) is 18.2 Å². The van der Waals surface area contributed by atoms with E-state index in [1.54, 1.807) is 39.0 Å². The third kappa shape index (κ3) is 3.21. The number of halogens is 2. The monoisotopic (exact) mass is 344 g/mol. The zero-order chi connectivity index (χ0) is 16.7. The van der Waals surface area contributed by atoms with Gasteiger partial charge in [-0.1, -0.05) is 29.3 Å². The van der Waals surface area contributed by atoms with Gasteiger partial charge in [0.2, 0.25) is 0 Å². The first-order valence-electron chi connectivity index (χ1n) is 6.86. The van der Waals surface area contributed by atoms with E-state index in [9.17, 15) is 14.7 Å². The van der Waals surface area contributed by atoms with E-state index >= 15 is 0 Å². The van der Waals surface area contributed by atoms with E-state index in [0.29, 0.717) is 22.0 Å². The van der Waals surface area contributed by atoms with Crippen LogP contribution in [0.25, 0.3) is 0 Å². The lowest BCUT2D eigenvalue weighted by atomic mass is 9.92. The molecule has 2 rings (SSSR count). The summed E-state index contributed by atoms with van der Waals surface area (Å²) in [5, 5.41) is 13.1. The molecule has 0 aromatic heterocycles. The summed E-state index contributed by atoms with van der Waals surface area (Å²) in [4.78, 5) is 25.8. The Morgan fingerprint density at radius 2 is 1.91 bits per heavy atom. The van der Waals surface area contributed by atoms with Crippen LogP contribution in [0.1, 0.15) is 32.8 Å². The minimum absolute atomic E-state index is 0.144. The van der Waals surface area contributed by atoms with Crippen molar-refractivity contribution in [2.45, 2.75) is 38.3 Å². The number of carbonyl (C=O) groups excluding carboxylic acids is 2. The zero-order valence-electron chi connectivity index (χ0n) is 12.6. The number of amides is 3. The number of benzene rings is 1. The lowest BCUT2D eigenvalue weighted by molar-refractivity contribution is -0.131. The second kappa shape index (κ2) is 5.72. The molecule has 5 nitrogen and oxygen atoms in total. The van der Waals surface area contributed by atoms with Gasteiger partial charge >= 0.3 is 6.03 Å². The lowest BCUT2D eigenvalue weighted by Crippen LogP contribution is -2.41. The van der Waals surface area contributed by atoms with Gasteiger partial charge in [0.1, 0.15) is 5.54 Å². The van der Waals surface area contributed by atoms with Gasteiger partial charge in [0.15, 0.2) is 0 Å². The molecule has 0 saturated carbocycles. The summed E-state index contributed by atoms with van der Waals surface area (Å²) >= 11 is 11.9. The molecule has 0 spiro atoms. The first-order chi connectivity index (χ1) is 10.0. The molecule has 120 valence electrons. The average molecular weight is 345 g/mol. The molecule has 1 aromatic carbocycles. The molecule has 2 N–H and O–H groups in total. The molecule has 1 aliphatic heterocycles. The van der Waals surface area contributed by atoms with E-state index in [1.165, 1.54) is 0 Å². The van der Waals surface area contributed by atoms with Crippen LogP contribution in [-0.4, -0.2) is 34.1 Å². The number of nitrogens with one attached hydrogen (secondary N) is 1. The number of urea groups is 1. The normalized spacial score (nSPS) is 22.2. The Hall–Kier alpha value is -1.30. The number of aliphatic hydroxyl groups is 1. The maximum absolute atomic E-state index is 12.6. The molecule has 0 radical (unpaired) electrons. The van der Waals surface area contributed by atoms with Crippen LogP contribution in [-0.2, 0) is 10.3 Å². The molecule has 1 atom stereocenters. The predicted molar refractivity (Wildman–Crippen MR) is 85.0 cm³/mol. The Morgan fingerprint density at radius 3 is 2.45 bits per heavy atom. The minimum atomic E-state index is -1.19. The molecule has 0 bridgehead atoms. The van der Waals surface area contributed by atoms with E-state index in [2.05, 4.69) is 5.32 Å². The highest BCUT2D eigenvalue weighted by Gasteiger charge is 2.49. The third-order valence-electron chi connectivity index (χ3n) is 3.72. The smallest absolute Gasteiger partial charge is 0.325 e. The van der Waals surface area contributed by atoms with Crippen molar-refractivity contribution in [1.29, 1.82) is 0 Å². The zero-order valence-corrected chi connectivity index (χ0v) is 14.1. The largest absolute Gasteiger partial charge is 0.390 e. The summed E-state index contributed by atoms with van der Waals surface area (Å²) in [6.07, 6.45) is 0.295. The van der Waals surface area contributed by atoms with Gasteiger partial charge in [0.05, 0.1) is 15.6 Å². The standard InChI is InChI=1S/C15H18Cl2N2O3/c1-14(2,22)6-7-19-12(20)15(3,18-13(19)21)9-4-5-10(16)11(17)8-9/h4-5,8,22H,6-7H2,1-3H3,(H,18,21). The quantitative estimate of drug-likeness (QED) is 0.825. The first kappa shape index (κ1) is 17.1. The molecular formula is C15H18Cl2N2O3. The number of hydrogen-bond donors (Lipinski definition) is 2. The van der Waals surface area contributed by atoms with Gasteiger partial charge in [-0.2, -0.15) is 0 Å². The van der Waals surface area contributed by atoms with Crippen LogP contribution in [0.5, 0.6) is 0 Å². The average Bonchev–Trinajstić information content (AvgIpc) is 2.61. The fraction of sp³-hybridized carbons (Fsp3) is 0.467. The van der Waals surface area contributed by atoms with Crippen molar-refractivity contribution in [3.8, 4) is 0 Å². The van der Waals surface area contributed by atoms with Crippen LogP contribution >= 0.6 is 23.2 Å². The van der Waals surface area contributed by atoms with Crippen LogP contribution in [0.3, 0.4) is 0 Å². The summed E-state index contributed by atoms with van der Waals surface area (Å²) in [5.74, 6) is -0.375. The summed E-state index contributed by atoms with van der Waals surface area (Å²) in [6, 6.07) is 4.33. The van der Waals surface area contributed by atoms with Gasteiger partial charge in [-0.15, -0.1) is 0 Å². The van der Waals surface area contributed by atoms with Gasteiger partial charge in [-0.3, -0.25) is 9.69 Å². The van der Waals surface area contributed by atoms with Crippen molar-refractivity contribution in [2.75, 3.05) is 6.54 Å². The number of nitrogens with zero attached hydrogens (tertiary/aromatic N) is 1. The molecule has 1 unspecified atom stereocenters. The second-order valence-electron chi connectivity index (χ2n) is 6.20. The van der Waals surface area contributed by atoms with E-state index < -0.39 is 17.2 Å². The first-order valence-corrected chi connectivity index (χ1v) is 7.62. The fourth-order valence-electron chi connectivity index (χ4n) is 2.29. The molecule has 1 heterocycles. The molecule has 1 saturated heterocycles. The Bertz CT molecular complexity index is 628. The van der Waals surface area contributed by atoms with Crippen molar-refractivity contribution in [3.05, 3.63) is 33.8 Å². The highest BCUT2D eigenvalue weighted by molar-refractivity contribution is 6.42. The van der Waals surface area contributed by atoms with Gasteiger partial charge in [-0.25, -0.2) is 4.79 Å². The molecule has 1 fully saturated rings. The van der Waals surface area contributed by atoms with Crippen molar-refractivity contribution < 1.29 is 14.7 Å². The van der Waals surface area contributed by atoms with Gasteiger partial charge < -0.3 is 10.4 Å². The number of carbonyl (C=O) groups is 2. The highest BCUT2D eigenvalue weighted by Crippen LogP contribution is 2.33. The molecular weight excluding hydrogens is 327 g/mol. The Morgan fingerprint density at radius 1 is 1.27 bits per heavy atom. The van der Waals surface area contributed by atoms with Crippen molar-refractivity contribution >= 4 is 35.1 Å². The predicted octanol–water partition coefficient (Wildman–Crippen LogP) is 2.92. The lowest BCUT2D eigenvalue weighted by Gasteiger charge is -2.24. The third-order valence-corrected chi connectivity index (χ3v) is 4.46. The Labute approximate surface area is 139 Å². The topological polar surface area (TPSA) is 69.6 Å². The maximum Gasteiger partial charge on any atom is 0.325 e. The van der Waals surface area contributed by atoms with Crippen LogP contribution < -0.4 is 5.32 Å². The highest BCUT2D eigenvalue weighted by atomic mass is 35.5.